The molecule has 0 N–H and O–H groups in total. The summed E-state index contributed by atoms with van der Waals surface area (Å²) in [6.45, 7) is 0.466. The number of sulfonamides is 1. The van der Waals surface area contributed by atoms with Crippen LogP contribution in [0.3, 0.4) is 0 Å². The van der Waals surface area contributed by atoms with E-state index in [0.29, 0.717) is 35.7 Å². The predicted octanol–water partition coefficient (Wildman–Crippen LogP) is 2.45. The molecule has 1 atom stereocenters. The van der Waals surface area contributed by atoms with Crippen LogP contribution in [0.5, 0.6) is 0 Å². The van der Waals surface area contributed by atoms with Crippen LogP contribution in [-0.4, -0.2) is 49.6 Å². The van der Waals surface area contributed by atoms with Gasteiger partial charge in [0.15, 0.2) is 0 Å². The average Bonchev–Trinajstić information content (AvgIpc) is 3.04. The van der Waals surface area contributed by atoms with Gasteiger partial charge in [-0.1, -0.05) is 12.1 Å². The molecule has 0 spiro atoms. The van der Waals surface area contributed by atoms with Gasteiger partial charge in [-0.2, -0.15) is 4.31 Å². The third-order valence-corrected chi connectivity index (χ3v) is 5.58. The molecule has 1 aromatic carbocycles. The van der Waals surface area contributed by atoms with Crippen LogP contribution in [0.1, 0.15) is 24.6 Å². The lowest BCUT2D eigenvalue weighted by Crippen LogP contribution is -2.30. The summed E-state index contributed by atoms with van der Waals surface area (Å²) in [5.41, 5.74) is 1.92. The highest BCUT2D eigenvalue weighted by Gasteiger charge is 2.35. The summed E-state index contributed by atoms with van der Waals surface area (Å²) in [6.07, 6.45) is 4.30. The second-order valence-corrected chi connectivity index (χ2v) is 8.34. The van der Waals surface area contributed by atoms with Crippen LogP contribution in [0.15, 0.2) is 30.5 Å². The normalized spacial score (nSPS) is 18.5. The molecule has 0 radical (unpaired) electrons. The summed E-state index contributed by atoms with van der Waals surface area (Å²) in [5, 5.41) is 0. The number of benzene rings is 1. The molecule has 0 aliphatic carbocycles. The standard InChI is InChI=1S/C17H21FN4O2S/c1-21(2)17-19-11-14(12-6-4-7-13(18)10-12)16(20-17)15-8-5-9-22(15)25(3,23)24/h4,6-7,10-11,15H,5,8-9H2,1-3H3/t15-/m1/s1. The Kier molecular flexibility index (Phi) is 4.75. The summed E-state index contributed by atoms with van der Waals surface area (Å²) < 4.78 is 39.4. The Balaban J connectivity index is 2.17. The van der Waals surface area contributed by atoms with Crippen LogP contribution < -0.4 is 4.90 Å². The molecule has 3 rings (SSSR count). The SMILES string of the molecule is CN(C)c1ncc(-c2cccc(F)c2)c([C@H]2CCCN2S(C)(=O)=O)n1. The van der Waals surface area contributed by atoms with Gasteiger partial charge in [0.05, 0.1) is 18.0 Å². The molecule has 6 nitrogen and oxygen atoms in total. The summed E-state index contributed by atoms with van der Waals surface area (Å²) in [4.78, 5) is 10.7. The van der Waals surface area contributed by atoms with E-state index in [9.17, 15) is 12.8 Å². The Labute approximate surface area is 147 Å². The average molecular weight is 364 g/mol. The number of halogens is 1. The van der Waals surface area contributed by atoms with Crippen LogP contribution in [0, 0.1) is 5.82 Å². The number of rotatable bonds is 4. The number of anilines is 1. The van der Waals surface area contributed by atoms with E-state index in [1.807, 2.05) is 14.1 Å². The zero-order valence-electron chi connectivity index (χ0n) is 14.5. The first-order chi connectivity index (χ1) is 11.8. The third kappa shape index (κ3) is 3.64. The minimum absolute atomic E-state index is 0.355. The van der Waals surface area contributed by atoms with E-state index in [-0.39, 0.29) is 11.9 Å². The van der Waals surface area contributed by atoms with E-state index in [4.69, 9.17) is 0 Å². The first kappa shape index (κ1) is 17.8. The van der Waals surface area contributed by atoms with Crippen molar-refractivity contribution >= 4 is 16.0 Å². The largest absolute Gasteiger partial charge is 0.347 e. The van der Waals surface area contributed by atoms with Gasteiger partial charge in [-0.3, -0.25) is 0 Å². The Morgan fingerprint density at radius 3 is 2.72 bits per heavy atom. The maximum Gasteiger partial charge on any atom is 0.225 e. The second kappa shape index (κ2) is 6.68. The van der Waals surface area contributed by atoms with Gasteiger partial charge in [0, 0.05) is 32.4 Å². The van der Waals surface area contributed by atoms with Gasteiger partial charge in [0.25, 0.3) is 0 Å². The zero-order valence-corrected chi connectivity index (χ0v) is 15.3. The lowest BCUT2D eigenvalue weighted by Gasteiger charge is -2.24. The number of nitrogens with zero attached hydrogens (tertiary/aromatic N) is 4. The highest BCUT2D eigenvalue weighted by atomic mass is 32.2. The first-order valence-electron chi connectivity index (χ1n) is 8.04. The Morgan fingerprint density at radius 2 is 2.08 bits per heavy atom. The predicted molar refractivity (Wildman–Crippen MR) is 95.3 cm³/mol. The molecule has 0 unspecified atom stereocenters. The summed E-state index contributed by atoms with van der Waals surface area (Å²) in [5.74, 6) is 0.141. The Bertz CT molecular complexity index is 886. The van der Waals surface area contributed by atoms with Gasteiger partial charge in [-0.15, -0.1) is 0 Å². The van der Waals surface area contributed by atoms with Crippen LogP contribution in [0.4, 0.5) is 10.3 Å². The van der Waals surface area contributed by atoms with Crippen molar-refractivity contribution in [2.45, 2.75) is 18.9 Å². The minimum atomic E-state index is -3.35. The van der Waals surface area contributed by atoms with E-state index < -0.39 is 10.0 Å². The van der Waals surface area contributed by atoms with Crippen molar-refractivity contribution in [1.29, 1.82) is 0 Å². The fourth-order valence-electron chi connectivity index (χ4n) is 3.14. The van der Waals surface area contributed by atoms with Crippen molar-refractivity contribution < 1.29 is 12.8 Å². The number of hydrogen-bond donors (Lipinski definition) is 0. The monoisotopic (exact) mass is 364 g/mol. The third-order valence-electron chi connectivity index (χ3n) is 4.29. The van der Waals surface area contributed by atoms with Gasteiger partial charge in [0.2, 0.25) is 16.0 Å². The van der Waals surface area contributed by atoms with Crippen molar-refractivity contribution in [1.82, 2.24) is 14.3 Å². The topological polar surface area (TPSA) is 66.4 Å². The van der Waals surface area contributed by atoms with Crippen molar-refractivity contribution in [3.63, 3.8) is 0 Å². The van der Waals surface area contributed by atoms with E-state index in [1.54, 1.807) is 23.2 Å². The van der Waals surface area contributed by atoms with Crippen LogP contribution in [0.2, 0.25) is 0 Å². The molecule has 1 aliphatic heterocycles. The van der Waals surface area contributed by atoms with Gasteiger partial charge >= 0.3 is 0 Å². The van der Waals surface area contributed by atoms with Crippen molar-refractivity contribution in [2.75, 3.05) is 31.8 Å². The maximum absolute atomic E-state index is 13.7. The van der Waals surface area contributed by atoms with Gasteiger partial charge in [0.1, 0.15) is 5.82 Å². The number of aromatic nitrogens is 2. The molecule has 1 aromatic heterocycles. The molecular weight excluding hydrogens is 343 g/mol. The molecule has 2 aromatic rings. The summed E-state index contributed by atoms with van der Waals surface area (Å²) >= 11 is 0. The van der Waals surface area contributed by atoms with Crippen molar-refractivity contribution in [3.8, 4) is 11.1 Å². The van der Waals surface area contributed by atoms with Crippen LogP contribution >= 0.6 is 0 Å². The first-order valence-corrected chi connectivity index (χ1v) is 9.89. The van der Waals surface area contributed by atoms with E-state index >= 15 is 0 Å². The molecule has 134 valence electrons. The molecule has 8 heteroatoms. The smallest absolute Gasteiger partial charge is 0.225 e. The summed E-state index contributed by atoms with van der Waals surface area (Å²) in [6, 6.07) is 5.82. The van der Waals surface area contributed by atoms with Crippen LogP contribution in [-0.2, 0) is 10.0 Å². The highest BCUT2D eigenvalue weighted by Crippen LogP contribution is 2.38. The zero-order chi connectivity index (χ0) is 18.2. The molecule has 1 fully saturated rings. The number of hydrogen-bond acceptors (Lipinski definition) is 5. The molecule has 0 bridgehead atoms. The lowest BCUT2D eigenvalue weighted by atomic mass is 10.0. The van der Waals surface area contributed by atoms with E-state index in [1.165, 1.54) is 22.7 Å². The second-order valence-electron chi connectivity index (χ2n) is 6.41. The Morgan fingerprint density at radius 1 is 1.32 bits per heavy atom. The molecular formula is C17H21FN4O2S. The van der Waals surface area contributed by atoms with Gasteiger partial charge < -0.3 is 4.90 Å². The van der Waals surface area contributed by atoms with Gasteiger partial charge in [-0.25, -0.2) is 22.8 Å². The highest BCUT2D eigenvalue weighted by molar-refractivity contribution is 7.88. The fourth-order valence-corrected chi connectivity index (χ4v) is 4.27. The molecule has 1 saturated heterocycles. The maximum atomic E-state index is 13.7. The molecule has 0 amide bonds. The van der Waals surface area contributed by atoms with Crippen LogP contribution in [0.25, 0.3) is 11.1 Å². The van der Waals surface area contributed by atoms with E-state index in [0.717, 1.165) is 6.42 Å². The lowest BCUT2D eigenvalue weighted by molar-refractivity contribution is 0.394. The fraction of sp³-hybridized carbons (Fsp3) is 0.412. The molecule has 2 heterocycles. The van der Waals surface area contributed by atoms with E-state index in [2.05, 4.69) is 9.97 Å². The van der Waals surface area contributed by atoms with Crippen molar-refractivity contribution in [3.05, 3.63) is 42.0 Å². The quantitative estimate of drug-likeness (QED) is 0.834. The summed E-state index contributed by atoms with van der Waals surface area (Å²) in [7, 11) is 0.292. The molecule has 25 heavy (non-hydrogen) atoms. The Hall–Kier alpha value is -2.06. The minimum Gasteiger partial charge on any atom is -0.347 e. The van der Waals surface area contributed by atoms with Crippen molar-refractivity contribution in [2.24, 2.45) is 0 Å². The molecule has 1 aliphatic rings. The van der Waals surface area contributed by atoms with Gasteiger partial charge in [-0.05, 0) is 30.5 Å². The molecule has 0 saturated carbocycles.